The van der Waals surface area contributed by atoms with Crippen molar-refractivity contribution >= 4 is 39.1 Å². The average Bonchev–Trinajstić information content (AvgIpc) is 2.84. The second-order valence-electron chi connectivity index (χ2n) is 7.71. The van der Waals surface area contributed by atoms with Crippen molar-refractivity contribution in [1.82, 2.24) is 9.80 Å². The molecule has 3 aromatic carbocycles. The highest BCUT2D eigenvalue weighted by Gasteiger charge is 2.28. The number of carbonyl (C=O) groups excluding carboxylic acids is 2. The van der Waals surface area contributed by atoms with Crippen molar-refractivity contribution in [2.75, 3.05) is 30.9 Å². The Morgan fingerprint density at radius 3 is 1.85 bits per heavy atom. The highest BCUT2D eigenvalue weighted by Crippen LogP contribution is 2.24. The van der Waals surface area contributed by atoms with E-state index in [9.17, 15) is 23.1 Å². The molecule has 0 saturated carbocycles. The Morgan fingerprint density at radius 1 is 0.765 bits per heavy atom. The number of aromatic hydroxyl groups is 1. The topological polar surface area (TPSA) is 107 Å². The molecule has 0 spiro atoms. The van der Waals surface area contributed by atoms with E-state index in [1.165, 1.54) is 36.4 Å². The van der Waals surface area contributed by atoms with Crippen LogP contribution in [0.5, 0.6) is 5.75 Å². The van der Waals surface area contributed by atoms with E-state index in [-0.39, 0.29) is 65.5 Å². The van der Waals surface area contributed by atoms with Gasteiger partial charge in [0, 0.05) is 31.2 Å². The number of hydrogen-bond donors (Lipinski definition) is 2. The summed E-state index contributed by atoms with van der Waals surface area (Å²) in [5, 5.41) is 10.4. The molecule has 0 atom stereocenters. The Morgan fingerprint density at radius 2 is 1.26 bits per heavy atom. The molecular formula is C24H22ClN3O5S. The van der Waals surface area contributed by atoms with Crippen LogP contribution in [0.15, 0.2) is 77.7 Å². The SMILES string of the molecule is O=C(c1ccccc1O)N1CCN(C(=O)c2ccccc2NS(=O)(=O)c2ccc(Cl)cc2)CC1. The van der Waals surface area contributed by atoms with Crippen LogP contribution in [0, 0.1) is 0 Å². The number of phenolic OH excluding ortho intramolecular Hbond substituents is 1. The molecule has 0 bridgehead atoms. The first-order chi connectivity index (χ1) is 16.3. The molecule has 1 aliphatic heterocycles. The second-order valence-corrected chi connectivity index (χ2v) is 9.83. The quantitative estimate of drug-likeness (QED) is 0.559. The Kier molecular flexibility index (Phi) is 6.76. The summed E-state index contributed by atoms with van der Waals surface area (Å²) in [7, 11) is -3.93. The summed E-state index contributed by atoms with van der Waals surface area (Å²) in [5.41, 5.74) is 0.583. The van der Waals surface area contributed by atoms with E-state index in [4.69, 9.17) is 11.6 Å². The maximum Gasteiger partial charge on any atom is 0.261 e. The fourth-order valence-corrected chi connectivity index (χ4v) is 4.89. The van der Waals surface area contributed by atoms with Gasteiger partial charge in [0.15, 0.2) is 0 Å². The maximum absolute atomic E-state index is 13.2. The lowest BCUT2D eigenvalue weighted by Crippen LogP contribution is -2.50. The molecule has 1 saturated heterocycles. The van der Waals surface area contributed by atoms with Crippen molar-refractivity contribution in [3.05, 3.63) is 88.9 Å². The molecule has 0 radical (unpaired) electrons. The third-order valence-electron chi connectivity index (χ3n) is 5.51. The molecule has 1 aliphatic rings. The number of hydrogen-bond acceptors (Lipinski definition) is 5. The lowest BCUT2D eigenvalue weighted by molar-refractivity contribution is 0.0534. The van der Waals surface area contributed by atoms with Crippen LogP contribution in [0.3, 0.4) is 0 Å². The number of para-hydroxylation sites is 2. The van der Waals surface area contributed by atoms with Crippen LogP contribution in [0.1, 0.15) is 20.7 Å². The lowest BCUT2D eigenvalue weighted by atomic mass is 10.1. The van der Waals surface area contributed by atoms with Crippen LogP contribution in [-0.2, 0) is 10.0 Å². The van der Waals surface area contributed by atoms with Crippen LogP contribution in [0.4, 0.5) is 5.69 Å². The molecule has 34 heavy (non-hydrogen) atoms. The number of halogens is 1. The minimum Gasteiger partial charge on any atom is -0.507 e. The van der Waals surface area contributed by atoms with Crippen LogP contribution < -0.4 is 4.72 Å². The van der Waals surface area contributed by atoms with Crippen molar-refractivity contribution < 1.29 is 23.1 Å². The Balaban J connectivity index is 1.47. The van der Waals surface area contributed by atoms with Gasteiger partial charge in [-0.1, -0.05) is 35.9 Å². The van der Waals surface area contributed by atoms with Gasteiger partial charge >= 0.3 is 0 Å². The predicted octanol–water partition coefficient (Wildman–Crippen LogP) is 3.44. The zero-order valence-electron chi connectivity index (χ0n) is 18.0. The third-order valence-corrected chi connectivity index (χ3v) is 7.15. The number of benzene rings is 3. The molecule has 0 aromatic heterocycles. The Labute approximate surface area is 202 Å². The van der Waals surface area contributed by atoms with E-state index >= 15 is 0 Å². The summed E-state index contributed by atoms with van der Waals surface area (Å²) in [6, 6.07) is 18.4. The number of carbonyl (C=O) groups is 2. The summed E-state index contributed by atoms with van der Waals surface area (Å²) < 4.78 is 28.1. The van der Waals surface area contributed by atoms with Crippen LogP contribution in [0.2, 0.25) is 5.02 Å². The summed E-state index contributed by atoms with van der Waals surface area (Å²) >= 11 is 5.84. The third kappa shape index (κ3) is 5.00. The molecule has 0 unspecified atom stereocenters. The van der Waals surface area contributed by atoms with Crippen molar-refractivity contribution in [3.8, 4) is 5.75 Å². The van der Waals surface area contributed by atoms with Gasteiger partial charge in [0.25, 0.3) is 21.8 Å². The molecule has 2 N–H and O–H groups in total. The van der Waals surface area contributed by atoms with Gasteiger partial charge in [0.2, 0.25) is 0 Å². The molecule has 0 aliphatic carbocycles. The number of nitrogens with one attached hydrogen (secondary N) is 1. The highest BCUT2D eigenvalue weighted by atomic mass is 35.5. The van der Waals surface area contributed by atoms with Gasteiger partial charge in [-0.05, 0) is 48.5 Å². The van der Waals surface area contributed by atoms with Crippen LogP contribution in [-0.4, -0.2) is 61.3 Å². The molecule has 1 heterocycles. The first-order valence-corrected chi connectivity index (χ1v) is 12.4. The lowest BCUT2D eigenvalue weighted by Gasteiger charge is -2.35. The highest BCUT2D eigenvalue weighted by molar-refractivity contribution is 7.92. The molecule has 176 valence electrons. The molecule has 10 heteroatoms. The van der Waals surface area contributed by atoms with Gasteiger partial charge < -0.3 is 14.9 Å². The summed E-state index contributed by atoms with van der Waals surface area (Å²) in [4.78, 5) is 29.1. The zero-order chi connectivity index (χ0) is 24.3. The average molecular weight is 500 g/mol. The zero-order valence-corrected chi connectivity index (χ0v) is 19.6. The maximum atomic E-state index is 13.2. The normalized spacial score (nSPS) is 14.0. The number of rotatable bonds is 5. The van der Waals surface area contributed by atoms with Crippen LogP contribution in [0.25, 0.3) is 0 Å². The number of amides is 2. The smallest absolute Gasteiger partial charge is 0.261 e. The number of piperazine rings is 1. The fourth-order valence-electron chi connectivity index (χ4n) is 3.68. The van der Waals surface area contributed by atoms with Crippen LogP contribution >= 0.6 is 11.6 Å². The van der Waals surface area contributed by atoms with E-state index in [1.807, 2.05) is 0 Å². The minimum absolute atomic E-state index is 0.0236. The summed E-state index contributed by atoms with van der Waals surface area (Å²) in [6.45, 7) is 1.13. The molecule has 2 amide bonds. The van der Waals surface area contributed by atoms with E-state index in [0.717, 1.165) is 0 Å². The summed E-state index contributed by atoms with van der Waals surface area (Å²) in [5.74, 6) is -0.738. The molecule has 8 nitrogen and oxygen atoms in total. The predicted molar refractivity (Wildman–Crippen MR) is 129 cm³/mol. The second kappa shape index (κ2) is 9.74. The number of anilines is 1. The van der Waals surface area contributed by atoms with E-state index in [2.05, 4.69) is 4.72 Å². The van der Waals surface area contributed by atoms with Crippen molar-refractivity contribution in [1.29, 1.82) is 0 Å². The Hall–Kier alpha value is -3.56. The van der Waals surface area contributed by atoms with Gasteiger partial charge in [0.1, 0.15) is 5.75 Å². The fraction of sp³-hybridized carbons (Fsp3) is 0.167. The van der Waals surface area contributed by atoms with Crippen molar-refractivity contribution in [3.63, 3.8) is 0 Å². The van der Waals surface area contributed by atoms with Gasteiger partial charge in [-0.3, -0.25) is 14.3 Å². The Bertz CT molecular complexity index is 1320. The van der Waals surface area contributed by atoms with E-state index < -0.39 is 10.0 Å². The first kappa shape index (κ1) is 23.6. The van der Waals surface area contributed by atoms with Gasteiger partial charge in [-0.2, -0.15) is 0 Å². The number of phenols is 1. The van der Waals surface area contributed by atoms with Gasteiger partial charge in [-0.25, -0.2) is 8.42 Å². The molecule has 1 fully saturated rings. The molecular weight excluding hydrogens is 478 g/mol. The molecule has 4 rings (SSSR count). The minimum atomic E-state index is -3.93. The number of nitrogens with zero attached hydrogens (tertiary/aromatic N) is 2. The first-order valence-electron chi connectivity index (χ1n) is 10.5. The van der Waals surface area contributed by atoms with Crippen molar-refractivity contribution in [2.24, 2.45) is 0 Å². The van der Waals surface area contributed by atoms with Gasteiger partial charge in [0.05, 0.1) is 21.7 Å². The molecule has 3 aromatic rings. The summed E-state index contributed by atoms with van der Waals surface area (Å²) in [6.07, 6.45) is 0. The standard InChI is InChI=1S/C24H22ClN3O5S/c25-17-9-11-18(12-10-17)34(32,33)26-21-7-3-1-5-19(21)23(30)27-13-15-28(16-14-27)24(31)20-6-2-4-8-22(20)29/h1-12,26,29H,13-16H2. The van der Waals surface area contributed by atoms with E-state index in [0.29, 0.717) is 5.02 Å². The largest absolute Gasteiger partial charge is 0.507 e. The number of sulfonamides is 1. The van der Waals surface area contributed by atoms with E-state index in [1.54, 1.807) is 46.2 Å². The van der Waals surface area contributed by atoms with Gasteiger partial charge in [-0.15, -0.1) is 0 Å². The van der Waals surface area contributed by atoms with Crippen molar-refractivity contribution in [2.45, 2.75) is 4.90 Å². The monoisotopic (exact) mass is 499 g/mol.